The van der Waals surface area contributed by atoms with E-state index in [1.54, 1.807) is 0 Å². The molecule has 0 bridgehead atoms. The standard InChI is InChI=1S/C14H21N3O/c1-3-17(2)10-9-16-12-13-4-6-14(7-5-13)18-11-8-15/h4-7,16H,3,9-12H2,1-2H3. The fraction of sp³-hybridized carbons (Fsp3) is 0.500. The first-order chi connectivity index (χ1) is 8.76. The molecule has 0 atom stereocenters. The van der Waals surface area contributed by atoms with Crippen LogP contribution in [0.1, 0.15) is 12.5 Å². The Hall–Kier alpha value is -1.57. The van der Waals surface area contributed by atoms with E-state index < -0.39 is 0 Å². The molecule has 0 saturated heterocycles. The van der Waals surface area contributed by atoms with Gasteiger partial charge in [-0.2, -0.15) is 5.26 Å². The maximum Gasteiger partial charge on any atom is 0.174 e. The van der Waals surface area contributed by atoms with Gasteiger partial charge in [0.2, 0.25) is 0 Å². The van der Waals surface area contributed by atoms with E-state index >= 15 is 0 Å². The van der Waals surface area contributed by atoms with Crippen LogP contribution in [0.3, 0.4) is 0 Å². The van der Waals surface area contributed by atoms with Gasteiger partial charge >= 0.3 is 0 Å². The second-order valence-corrected chi connectivity index (χ2v) is 4.16. The molecule has 0 spiro atoms. The van der Waals surface area contributed by atoms with Crippen LogP contribution in [-0.2, 0) is 6.54 Å². The minimum atomic E-state index is 0.0982. The molecule has 4 nitrogen and oxygen atoms in total. The molecule has 0 amide bonds. The molecule has 1 rings (SSSR count). The molecule has 18 heavy (non-hydrogen) atoms. The molecule has 4 heteroatoms. The monoisotopic (exact) mass is 247 g/mol. The minimum absolute atomic E-state index is 0.0982. The quantitative estimate of drug-likeness (QED) is 0.709. The van der Waals surface area contributed by atoms with Gasteiger partial charge < -0.3 is 15.0 Å². The van der Waals surface area contributed by atoms with Gasteiger partial charge in [-0.05, 0) is 31.3 Å². The predicted molar refractivity (Wildman–Crippen MR) is 72.4 cm³/mol. The van der Waals surface area contributed by atoms with E-state index in [4.69, 9.17) is 10.00 Å². The molecule has 98 valence electrons. The number of hydrogen-bond donors (Lipinski definition) is 1. The van der Waals surface area contributed by atoms with Gasteiger partial charge in [-0.15, -0.1) is 0 Å². The predicted octanol–water partition coefficient (Wildman–Crippen LogP) is 1.63. The van der Waals surface area contributed by atoms with Crippen molar-refractivity contribution >= 4 is 0 Å². The SMILES string of the molecule is CCN(C)CCNCc1ccc(OCC#N)cc1. The minimum Gasteiger partial charge on any atom is -0.479 e. The van der Waals surface area contributed by atoms with Crippen LogP contribution in [-0.4, -0.2) is 38.2 Å². The highest BCUT2D eigenvalue weighted by Crippen LogP contribution is 2.11. The molecule has 0 aliphatic carbocycles. The molecular formula is C14H21N3O. The third kappa shape index (κ3) is 5.67. The van der Waals surface area contributed by atoms with Gasteiger partial charge in [-0.1, -0.05) is 19.1 Å². The highest BCUT2D eigenvalue weighted by molar-refractivity contribution is 5.27. The number of nitriles is 1. The maximum absolute atomic E-state index is 8.40. The normalized spacial score (nSPS) is 10.3. The van der Waals surface area contributed by atoms with Crippen LogP contribution in [0.15, 0.2) is 24.3 Å². The second kappa shape index (κ2) is 8.51. The van der Waals surface area contributed by atoms with E-state index in [9.17, 15) is 0 Å². The molecular weight excluding hydrogens is 226 g/mol. The number of nitrogens with one attached hydrogen (secondary N) is 1. The van der Waals surface area contributed by atoms with Gasteiger partial charge in [-0.25, -0.2) is 0 Å². The largest absolute Gasteiger partial charge is 0.479 e. The fourth-order valence-electron chi connectivity index (χ4n) is 1.48. The number of hydrogen-bond acceptors (Lipinski definition) is 4. The zero-order valence-corrected chi connectivity index (χ0v) is 11.1. The van der Waals surface area contributed by atoms with Crippen molar-refractivity contribution in [1.82, 2.24) is 10.2 Å². The Balaban J connectivity index is 2.25. The van der Waals surface area contributed by atoms with Crippen molar-refractivity contribution in [2.24, 2.45) is 0 Å². The Morgan fingerprint density at radius 1 is 1.33 bits per heavy atom. The van der Waals surface area contributed by atoms with Crippen LogP contribution in [0.4, 0.5) is 0 Å². The molecule has 0 fully saturated rings. The Labute approximate surface area is 109 Å². The molecule has 1 aromatic carbocycles. The molecule has 1 aromatic rings. The number of rotatable bonds is 8. The summed E-state index contributed by atoms with van der Waals surface area (Å²) < 4.78 is 5.19. The van der Waals surface area contributed by atoms with Crippen molar-refractivity contribution in [1.29, 1.82) is 5.26 Å². The van der Waals surface area contributed by atoms with E-state index in [0.29, 0.717) is 0 Å². The summed E-state index contributed by atoms with van der Waals surface area (Å²) in [6.45, 7) is 6.22. The first-order valence-electron chi connectivity index (χ1n) is 6.24. The average molecular weight is 247 g/mol. The Morgan fingerprint density at radius 2 is 2.06 bits per heavy atom. The van der Waals surface area contributed by atoms with Gasteiger partial charge in [0.15, 0.2) is 6.61 Å². The Morgan fingerprint density at radius 3 is 2.67 bits per heavy atom. The molecule has 0 aliphatic heterocycles. The topological polar surface area (TPSA) is 48.3 Å². The molecule has 0 aromatic heterocycles. The first-order valence-corrected chi connectivity index (χ1v) is 6.24. The lowest BCUT2D eigenvalue weighted by Gasteiger charge is -2.14. The van der Waals surface area contributed by atoms with Gasteiger partial charge in [-0.3, -0.25) is 0 Å². The summed E-state index contributed by atoms with van der Waals surface area (Å²) in [5.74, 6) is 0.742. The van der Waals surface area contributed by atoms with Crippen LogP contribution in [0.5, 0.6) is 5.75 Å². The van der Waals surface area contributed by atoms with Crippen LogP contribution in [0, 0.1) is 11.3 Å². The van der Waals surface area contributed by atoms with Crippen LogP contribution in [0.2, 0.25) is 0 Å². The lowest BCUT2D eigenvalue weighted by molar-refractivity contribution is 0.349. The summed E-state index contributed by atoms with van der Waals surface area (Å²) in [7, 11) is 2.11. The number of likely N-dealkylation sites (N-methyl/N-ethyl adjacent to an activating group) is 1. The summed E-state index contributed by atoms with van der Waals surface area (Å²) in [4.78, 5) is 2.27. The van der Waals surface area contributed by atoms with Gasteiger partial charge in [0, 0.05) is 19.6 Å². The van der Waals surface area contributed by atoms with Gasteiger partial charge in [0.1, 0.15) is 11.8 Å². The maximum atomic E-state index is 8.40. The molecule has 1 N–H and O–H groups in total. The van der Waals surface area contributed by atoms with E-state index in [1.165, 1.54) is 5.56 Å². The molecule has 0 aliphatic rings. The summed E-state index contributed by atoms with van der Waals surface area (Å²) in [5.41, 5.74) is 1.22. The Kier molecular flexibility index (Phi) is 6.85. The van der Waals surface area contributed by atoms with Gasteiger partial charge in [0.05, 0.1) is 0 Å². The van der Waals surface area contributed by atoms with Crippen molar-refractivity contribution < 1.29 is 4.74 Å². The van der Waals surface area contributed by atoms with Crippen molar-refractivity contribution in [3.63, 3.8) is 0 Å². The van der Waals surface area contributed by atoms with E-state index in [1.807, 2.05) is 30.3 Å². The molecule has 0 heterocycles. The lowest BCUT2D eigenvalue weighted by Crippen LogP contribution is -2.28. The fourth-order valence-corrected chi connectivity index (χ4v) is 1.48. The summed E-state index contributed by atoms with van der Waals surface area (Å²) >= 11 is 0. The highest BCUT2D eigenvalue weighted by atomic mass is 16.5. The third-order valence-corrected chi connectivity index (χ3v) is 2.77. The zero-order chi connectivity index (χ0) is 13.2. The second-order valence-electron chi connectivity index (χ2n) is 4.16. The van der Waals surface area contributed by atoms with Crippen LogP contribution < -0.4 is 10.1 Å². The summed E-state index contributed by atoms with van der Waals surface area (Å²) in [6, 6.07) is 9.77. The smallest absolute Gasteiger partial charge is 0.174 e. The summed E-state index contributed by atoms with van der Waals surface area (Å²) in [6.07, 6.45) is 0. The molecule has 0 saturated carbocycles. The van der Waals surface area contributed by atoms with E-state index in [2.05, 4.69) is 24.2 Å². The van der Waals surface area contributed by atoms with Crippen LogP contribution >= 0.6 is 0 Å². The van der Waals surface area contributed by atoms with Crippen molar-refractivity contribution in [3.05, 3.63) is 29.8 Å². The van der Waals surface area contributed by atoms with Crippen molar-refractivity contribution in [2.45, 2.75) is 13.5 Å². The van der Waals surface area contributed by atoms with Crippen molar-refractivity contribution in [3.8, 4) is 11.8 Å². The first kappa shape index (κ1) is 14.5. The van der Waals surface area contributed by atoms with E-state index in [0.717, 1.165) is 31.9 Å². The van der Waals surface area contributed by atoms with E-state index in [-0.39, 0.29) is 6.61 Å². The molecule has 0 radical (unpaired) electrons. The molecule has 0 unspecified atom stereocenters. The van der Waals surface area contributed by atoms with Crippen LogP contribution in [0.25, 0.3) is 0 Å². The lowest BCUT2D eigenvalue weighted by atomic mass is 10.2. The third-order valence-electron chi connectivity index (χ3n) is 2.77. The highest BCUT2D eigenvalue weighted by Gasteiger charge is 1.96. The zero-order valence-electron chi connectivity index (χ0n) is 11.1. The number of benzene rings is 1. The number of ether oxygens (including phenoxy) is 1. The number of nitrogens with zero attached hydrogens (tertiary/aromatic N) is 2. The van der Waals surface area contributed by atoms with Gasteiger partial charge in [0.25, 0.3) is 0 Å². The average Bonchev–Trinajstić information content (AvgIpc) is 2.42. The Bertz CT molecular complexity index is 370. The summed E-state index contributed by atoms with van der Waals surface area (Å²) in [5, 5.41) is 11.8. The van der Waals surface area contributed by atoms with Crippen molar-refractivity contribution in [2.75, 3.05) is 33.3 Å².